The number of nitrogens with zero attached hydrogens (tertiary/aromatic N) is 1. The van der Waals surface area contributed by atoms with Gasteiger partial charge in [-0.1, -0.05) is 115 Å². The Labute approximate surface area is 196 Å². The maximum absolute atomic E-state index is 6.16. The van der Waals surface area contributed by atoms with Gasteiger partial charge in [-0.15, -0.1) is 0 Å². The maximum atomic E-state index is 6.16. The first kappa shape index (κ1) is 26.0. The Kier molecular flexibility index (Phi) is 13.7. The number of rotatable bonds is 18. The van der Waals surface area contributed by atoms with E-state index < -0.39 is 0 Å². The van der Waals surface area contributed by atoms with Crippen molar-refractivity contribution in [2.75, 3.05) is 11.9 Å². The molecule has 0 fully saturated rings. The number of aromatic nitrogens is 1. The van der Waals surface area contributed by atoms with Crippen LogP contribution in [0.2, 0.25) is 5.02 Å². The van der Waals surface area contributed by atoms with Crippen molar-refractivity contribution >= 4 is 28.2 Å². The summed E-state index contributed by atoms with van der Waals surface area (Å²) >= 11 is 6.16. The van der Waals surface area contributed by atoms with Crippen molar-refractivity contribution in [3.8, 4) is 0 Å². The van der Waals surface area contributed by atoms with E-state index in [-0.39, 0.29) is 0 Å². The van der Waals surface area contributed by atoms with Crippen molar-refractivity contribution < 1.29 is 4.57 Å². The van der Waals surface area contributed by atoms with Gasteiger partial charge in [0.2, 0.25) is 5.52 Å². The average molecular weight is 446 g/mol. The Morgan fingerprint density at radius 3 is 1.77 bits per heavy atom. The molecule has 1 aromatic heterocycles. The Morgan fingerprint density at radius 2 is 1.23 bits per heavy atom. The van der Waals surface area contributed by atoms with Crippen LogP contribution in [0.3, 0.4) is 0 Å². The molecule has 2 nitrogen and oxygen atoms in total. The minimum atomic E-state index is 0.790. The summed E-state index contributed by atoms with van der Waals surface area (Å²) in [4.78, 5) is 0. The van der Waals surface area contributed by atoms with Crippen LogP contribution in [0.25, 0.3) is 10.9 Å². The molecule has 0 spiro atoms. The van der Waals surface area contributed by atoms with Gasteiger partial charge in [-0.25, -0.2) is 4.57 Å². The third-order valence-electron chi connectivity index (χ3n) is 6.44. The molecule has 1 heterocycles. The molecule has 174 valence electrons. The topological polar surface area (TPSA) is 15.9 Å². The van der Waals surface area contributed by atoms with Crippen LogP contribution in [-0.4, -0.2) is 6.54 Å². The molecule has 0 amide bonds. The van der Waals surface area contributed by atoms with Gasteiger partial charge in [-0.3, -0.25) is 0 Å². The summed E-state index contributed by atoms with van der Waals surface area (Å²) in [6, 6.07) is 8.30. The highest BCUT2D eigenvalue weighted by Crippen LogP contribution is 2.23. The number of hydrogen-bond acceptors (Lipinski definition) is 1. The van der Waals surface area contributed by atoms with E-state index in [9.17, 15) is 0 Å². The number of pyridine rings is 1. The molecule has 0 aliphatic carbocycles. The highest BCUT2D eigenvalue weighted by molar-refractivity contribution is 6.31. The van der Waals surface area contributed by atoms with Crippen LogP contribution in [0.1, 0.15) is 110 Å². The quantitative estimate of drug-likeness (QED) is 0.179. The largest absolute Gasteiger partial charge is 0.384 e. The molecule has 2 aromatic rings. The van der Waals surface area contributed by atoms with Crippen LogP contribution in [0.15, 0.2) is 30.5 Å². The molecule has 0 bridgehead atoms. The van der Waals surface area contributed by atoms with E-state index in [2.05, 4.69) is 42.2 Å². The number of fused-ring (bicyclic) bond motifs is 1. The summed E-state index contributed by atoms with van der Waals surface area (Å²) in [6.45, 7) is 3.34. The van der Waals surface area contributed by atoms with Crippen LogP contribution in [0.5, 0.6) is 0 Å². The first-order valence-corrected chi connectivity index (χ1v) is 13.4. The van der Waals surface area contributed by atoms with Gasteiger partial charge in [0, 0.05) is 23.7 Å². The number of aryl methyl sites for hydroxylation is 1. The highest BCUT2D eigenvalue weighted by Gasteiger charge is 2.09. The SMILES string of the molecule is CCCCCCCCCCCCCCCCCCNc1cc[n+](C)c2cc(Cl)ccc12. The predicted molar refractivity (Wildman–Crippen MR) is 138 cm³/mol. The van der Waals surface area contributed by atoms with E-state index in [1.54, 1.807) is 0 Å². The van der Waals surface area contributed by atoms with Gasteiger partial charge in [0.25, 0.3) is 0 Å². The molecule has 2 rings (SSSR count). The van der Waals surface area contributed by atoms with Crippen LogP contribution < -0.4 is 9.88 Å². The van der Waals surface area contributed by atoms with E-state index >= 15 is 0 Å². The number of benzene rings is 1. The van der Waals surface area contributed by atoms with E-state index in [4.69, 9.17) is 11.6 Å². The van der Waals surface area contributed by atoms with Crippen molar-refractivity contribution in [2.45, 2.75) is 110 Å². The fourth-order valence-electron chi connectivity index (χ4n) is 4.43. The first-order valence-electron chi connectivity index (χ1n) is 13.0. The standard InChI is InChI=1S/C28H45ClN2/c1-3-4-5-6-7-8-9-10-11-12-13-14-15-16-17-18-22-30-27-21-23-31(2)28-24-25(29)19-20-26(27)28/h19-21,23-24H,3-18,22H2,1-2H3/p+1. The highest BCUT2D eigenvalue weighted by atomic mass is 35.5. The Bertz CT molecular complexity index is 728. The minimum absolute atomic E-state index is 0.790. The van der Waals surface area contributed by atoms with E-state index in [1.165, 1.54) is 119 Å². The fraction of sp³-hybridized carbons (Fsp3) is 0.679. The molecular formula is C28H46ClN2+. The number of halogens is 1. The number of hydrogen-bond donors (Lipinski definition) is 1. The van der Waals surface area contributed by atoms with Crippen LogP contribution >= 0.6 is 11.6 Å². The van der Waals surface area contributed by atoms with Gasteiger partial charge < -0.3 is 5.32 Å². The second kappa shape index (κ2) is 16.4. The molecule has 0 aliphatic heterocycles. The molecule has 0 radical (unpaired) electrons. The Balaban J connectivity index is 1.42. The number of nitrogens with one attached hydrogen (secondary N) is 1. The summed E-state index contributed by atoms with van der Waals surface area (Å²) in [5, 5.41) is 5.66. The lowest BCUT2D eigenvalue weighted by Crippen LogP contribution is -2.28. The smallest absolute Gasteiger partial charge is 0.215 e. The number of unbranched alkanes of at least 4 members (excludes halogenated alkanes) is 15. The van der Waals surface area contributed by atoms with Gasteiger partial charge in [0.15, 0.2) is 6.20 Å². The van der Waals surface area contributed by atoms with Crippen molar-refractivity contribution in [3.05, 3.63) is 35.5 Å². The van der Waals surface area contributed by atoms with Crippen LogP contribution in [-0.2, 0) is 7.05 Å². The van der Waals surface area contributed by atoms with Gasteiger partial charge >= 0.3 is 0 Å². The predicted octanol–water partition coefficient (Wildman–Crippen LogP) is 8.99. The summed E-state index contributed by atoms with van der Waals surface area (Å²) in [5.41, 5.74) is 2.38. The minimum Gasteiger partial charge on any atom is -0.384 e. The fourth-order valence-corrected chi connectivity index (χ4v) is 4.60. The second-order valence-electron chi connectivity index (χ2n) is 9.23. The molecule has 0 saturated carbocycles. The van der Waals surface area contributed by atoms with Crippen molar-refractivity contribution in [1.82, 2.24) is 0 Å². The van der Waals surface area contributed by atoms with E-state index in [0.717, 1.165) is 11.6 Å². The van der Waals surface area contributed by atoms with Gasteiger partial charge in [0.1, 0.15) is 7.05 Å². The third-order valence-corrected chi connectivity index (χ3v) is 6.68. The monoisotopic (exact) mass is 445 g/mol. The lowest BCUT2D eigenvalue weighted by atomic mass is 10.0. The van der Waals surface area contributed by atoms with Crippen molar-refractivity contribution in [1.29, 1.82) is 0 Å². The second-order valence-corrected chi connectivity index (χ2v) is 9.67. The summed E-state index contributed by atoms with van der Waals surface area (Å²) in [5.74, 6) is 0. The molecule has 0 saturated heterocycles. The third kappa shape index (κ3) is 10.7. The molecule has 0 atom stereocenters. The zero-order valence-corrected chi connectivity index (χ0v) is 21.0. The zero-order valence-electron chi connectivity index (χ0n) is 20.2. The first-order chi connectivity index (χ1) is 15.2. The lowest BCUT2D eigenvalue weighted by molar-refractivity contribution is -0.644. The molecule has 31 heavy (non-hydrogen) atoms. The summed E-state index contributed by atoms with van der Waals surface area (Å²) in [6.07, 6.45) is 24.7. The molecule has 0 unspecified atom stereocenters. The lowest BCUT2D eigenvalue weighted by Gasteiger charge is -2.09. The summed E-state index contributed by atoms with van der Waals surface area (Å²) in [7, 11) is 2.07. The van der Waals surface area contributed by atoms with Gasteiger partial charge in [-0.2, -0.15) is 0 Å². The van der Waals surface area contributed by atoms with Crippen molar-refractivity contribution in [2.24, 2.45) is 7.05 Å². The summed E-state index contributed by atoms with van der Waals surface area (Å²) < 4.78 is 2.13. The van der Waals surface area contributed by atoms with E-state index in [1.807, 2.05) is 12.1 Å². The normalized spacial score (nSPS) is 11.3. The molecule has 0 aliphatic rings. The Morgan fingerprint density at radius 1 is 0.710 bits per heavy atom. The molecule has 3 heteroatoms. The molecule has 1 N–H and O–H groups in total. The van der Waals surface area contributed by atoms with Crippen LogP contribution in [0.4, 0.5) is 5.69 Å². The number of anilines is 1. The zero-order chi connectivity index (χ0) is 22.2. The Hall–Kier alpha value is -1.28. The van der Waals surface area contributed by atoms with Crippen LogP contribution in [0, 0.1) is 0 Å². The van der Waals surface area contributed by atoms with Gasteiger partial charge in [-0.05, 0) is 18.6 Å². The van der Waals surface area contributed by atoms with Gasteiger partial charge in [0.05, 0.1) is 11.1 Å². The molecule has 1 aromatic carbocycles. The average Bonchev–Trinajstić information content (AvgIpc) is 2.77. The molecular weight excluding hydrogens is 400 g/mol. The van der Waals surface area contributed by atoms with E-state index in [0.29, 0.717) is 0 Å². The van der Waals surface area contributed by atoms with Crippen molar-refractivity contribution in [3.63, 3.8) is 0 Å². The maximum Gasteiger partial charge on any atom is 0.215 e.